The van der Waals surface area contributed by atoms with Crippen LogP contribution in [0.1, 0.15) is 12.6 Å². The van der Waals surface area contributed by atoms with Crippen LogP contribution in [0.4, 0.5) is 16.2 Å². The van der Waals surface area contributed by atoms with Crippen LogP contribution in [0.2, 0.25) is 0 Å². The average Bonchev–Trinajstić information content (AvgIpc) is 2.55. The van der Waals surface area contributed by atoms with Crippen molar-refractivity contribution >= 4 is 29.6 Å². The third kappa shape index (κ3) is 1.57. The molecule has 3 rings (SSSR count). The zero-order chi connectivity index (χ0) is 12.5. The zero-order valence-corrected chi connectivity index (χ0v) is 9.71. The van der Waals surface area contributed by atoms with E-state index >= 15 is 0 Å². The quantitative estimate of drug-likeness (QED) is 0.748. The standard InChI is InChI=1S/C15H12N2O.H2/c16-15(18)17-13-7-3-1-5-11(13)9-10-12-6-2-4-8-14(12)17;/h1-10H,(H2,16,18);1H. The molecule has 0 saturated heterocycles. The van der Waals surface area contributed by atoms with Crippen LogP contribution < -0.4 is 10.6 Å². The lowest BCUT2D eigenvalue weighted by Gasteiger charge is -2.22. The number of carbonyl (C=O) groups is 1. The van der Waals surface area contributed by atoms with E-state index in [0.717, 1.165) is 22.5 Å². The molecule has 0 bridgehead atoms. The van der Waals surface area contributed by atoms with E-state index in [0.29, 0.717) is 0 Å². The molecule has 2 N–H and O–H groups in total. The van der Waals surface area contributed by atoms with Gasteiger partial charge in [-0.2, -0.15) is 0 Å². The lowest BCUT2D eigenvalue weighted by Crippen LogP contribution is -2.32. The Labute approximate surface area is 107 Å². The number of benzene rings is 2. The van der Waals surface area contributed by atoms with Crippen molar-refractivity contribution in [3.8, 4) is 0 Å². The molecule has 0 aromatic heterocycles. The summed E-state index contributed by atoms with van der Waals surface area (Å²) in [6.45, 7) is 0. The zero-order valence-electron chi connectivity index (χ0n) is 9.71. The Balaban J connectivity index is 0.00000133. The molecule has 0 atom stereocenters. The number of carbonyl (C=O) groups excluding carboxylic acids is 1. The molecule has 1 aliphatic heterocycles. The Morgan fingerprint density at radius 1 is 0.889 bits per heavy atom. The van der Waals surface area contributed by atoms with Crippen molar-refractivity contribution in [2.75, 3.05) is 4.90 Å². The minimum atomic E-state index is -0.474. The normalized spacial score (nSPS) is 12.6. The van der Waals surface area contributed by atoms with Gasteiger partial charge in [0.05, 0.1) is 11.4 Å². The van der Waals surface area contributed by atoms with E-state index < -0.39 is 6.03 Å². The Hall–Kier alpha value is -2.55. The third-order valence-electron chi connectivity index (χ3n) is 3.02. The van der Waals surface area contributed by atoms with E-state index in [9.17, 15) is 4.79 Å². The van der Waals surface area contributed by atoms with Gasteiger partial charge in [-0.3, -0.25) is 4.90 Å². The van der Waals surface area contributed by atoms with Crippen molar-refractivity contribution in [2.24, 2.45) is 5.73 Å². The van der Waals surface area contributed by atoms with Crippen molar-refractivity contribution in [3.05, 3.63) is 59.7 Å². The highest BCUT2D eigenvalue weighted by molar-refractivity contribution is 6.04. The predicted molar refractivity (Wildman–Crippen MR) is 75.6 cm³/mol. The topological polar surface area (TPSA) is 46.3 Å². The van der Waals surface area contributed by atoms with Gasteiger partial charge in [0.15, 0.2) is 0 Å². The van der Waals surface area contributed by atoms with Gasteiger partial charge in [-0.15, -0.1) is 0 Å². The average molecular weight is 238 g/mol. The summed E-state index contributed by atoms with van der Waals surface area (Å²) in [5.74, 6) is 0. The van der Waals surface area contributed by atoms with Gasteiger partial charge in [0, 0.05) is 1.43 Å². The monoisotopic (exact) mass is 238 g/mol. The minimum Gasteiger partial charge on any atom is -0.351 e. The lowest BCUT2D eigenvalue weighted by molar-refractivity contribution is 0.256. The van der Waals surface area contributed by atoms with Crippen LogP contribution in [0.3, 0.4) is 0 Å². The van der Waals surface area contributed by atoms with Crippen molar-refractivity contribution in [1.82, 2.24) is 0 Å². The van der Waals surface area contributed by atoms with Gasteiger partial charge in [0.1, 0.15) is 0 Å². The maximum Gasteiger partial charge on any atom is 0.323 e. The fourth-order valence-electron chi connectivity index (χ4n) is 2.21. The molecular weight excluding hydrogens is 224 g/mol. The number of fused-ring (bicyclic) bond motifs is 2. The van der Waals surface area contributed by atoms with Crippen LogP contribution in [0.5, 0.6) is 0 Å². The first-order valence-corrected chi connectivity index (χ1v) is 5.73. The van der Waals surface area contributed by atoms with Crippen molar-refractivity contribution in [3.63, 3.8) is 0 Å². The van der Waals surface area contributed by atoms with E-state index in [4.69, 9.17) is 5.73 Å². The Bertz CT molecular complexity index is 603. The van der Waals surface area contributed by atoms with Crippen LogP contribution in [0, 0.1) is 0 Å². The molecule has 0 radical (unpaired) electrons. The highest BCUT2D eigenvalue weighted by atomic mass is 16.2. The molecule has 1 heterocycles. The second kappa shape index (κ2) is 4.04. The van der Waals surface area contributed by atoms with Crippen LogP contribution in [-0.4, -0.2) is 6.03 Å². The Kier molecular flexibility index (Phi) is 2.38. The Morgan fingerprint density at radius 3 is 1.78 bits per heavy atom. The largest absolute Gasteiger partial charge is 0.351 e. The molecule has 3 nitrogen and oxygen atoms in total. The molecule has 0 spiro atoms. The third-order valence-corrected chi connectivity index (χ3v) is 3.02. The maximum absolute atomic E-state index is 11.8. The predicted octanol–water partition coefficient (Wildman–Crippen LogP) is 3.63. The smallest absolute Gasteiger partial charge is 0.323 e. The molecule has 18 heavy (non-hydrogen) atoms. The number of nitrogens with two attached hydrogens (primary N) is 1. The van der Waals surface area contributed by atoms with Gasteiger partial charge in [0.25, 0.3) is 0 Å². The summed E-state index contributed by atoms with van der Waals surface area (Å²) in [6.07, 6.45) is 3.99. The number of urea groups is 1. The second-order valence-electron chi connectivity index (χ2n) is 4.12. The molecule has 0 fully saturated rings. The van der Waals surface area contributed by atoms with Gasteiger partial charge in [-0.25, -0.2) is 4.79 Å². The molecule has 0 aliphatic carbocycles. The van der Waals surface area contributed by atoms with E-state index in [1.54, 1.807) is 4.90 Å². The minimum absolute atomic E-state index is 0. The number of para-hydroxylation sites is 2. The first kappa shape index (κ1) is 10.6. The second-order valence-corrected chi connectivity index (χ2v) is 4.12. The summed E-state index contributed by atoms with van der Waals surface area (Å²) in [5, 5.41) is 0. The number of primary amides is 1. The Morgan fingerprint density at radius 2 is 1.33 bits per heavy atom. The SMILES string of the molecule is NC(=O)N1c2ccccc2C=Cc2ccccc21.[HH]. The first-order chi connectivity index (χ1) is 8.77. The fraction of sp³-hybridized carbons (Fsp3) is 0. The van der Waals surface area contributed by atoms with Crippen molar-refractivity contribution in [1.29, 1.82) is 0 Å². The molecule has 2 aromatic carbocycles. The summed E-state index contributed by atoms with van der Waals surface area (Å²) < 4.78 is 0. The van der Waals surface area contributed by atoms with Crippen LogP contribution in [-0.2, 0) is 0 Å². The van der Waals surface area contributed by atoms with Gasteiger partial charge >= 0.3 is 6.03 Å². The molecule has 0 saturated carbocycles. The highest BCUT2D eigenvalue weighted by Crippen LogP contribution is 2.35. The number of hydrogen-bond acceptors (Lipinski definition) is 1. The highest BCUT2D eigenvalue weighted by Gasteiger charge is 2.21. The summed E-state index contributed by atoms with van der Waals surface area (Å²) in [4.78, 5) is 13.3. The molecular formula is C15H14N2O. The molecule has 2 amide bonds. The number of rotatable bonds is 0. The number of anilines is 2. The van der Waals surface area contributed by atoms with E-state index in [1.165, 1.54) is 0 Å². The lowest BCUT2D eigenvalue weighted by atomic mass is 10.1. The molecule has 3 heteroatoms. The molecule has 0 unspecified atom stereocenters. The summed E-state index contributed by atoms with van der Waals surface area (Å²) >= 11 is 0. The van der Waals surface area contributed by atoms with Gasteiger partial charge < -0.3 is 5.73 Å². The number of hydrogen-bond donors (Lipinski definition) is 1. The van der Waals surface area contributed by atoms with Gasteiger partial charge in [-0.05, 0) is 23.3 Å². The van der Waals surface area contributed by atoms with Crippen molar-refractivity contribution in [2.45, 2.75) is 0 Å². The van der Waals surface area contributed by atoms with Gasteiger partial charge in [-0.1, -0.05) is 48.6 Å². The number of amides is 2. The molecule has 2 aromatic rings. The summed E-state index contributed by atoms with van der Waals surface area (Å²) in [5.41, 5.74) is 9.11. The molecule has 1 aliphatic rings. The van der Waals surface area contributed by atoms with E-state index in [2.05, 4.69) is 0 Å². The molecule has 90 valence electrons. The first-order valence-electron chi connectivity index (χ1n) is 5.73. The number of nitrogens with zero attached hydrogens (tertiary/aromatic N) is 1. The van der Waals surface area contributed by atoms with Crippen LogP contribution in [0.25, 0.3) is 12.2 Å². The summed E-state index contributed by atoms with van der Waals surface area (Å²) in [7, 11) is 0. The van der Waals surface area contributed by atoms with E-state index in [1.807, 2.05) is 60.7 Å². The van der Waals surface area contributed by atoms with Crippen molar-refractivity contribution < 1.29 is 6.22 Å². The fourth-order valence-corrected chi connectivity index (χ4v) is 2.21. The summed E-state index contributed by atoms with van der Waals surface area (Å²) in [6, 6.07) is 14.9. The maximum atomic E-state index is 11.8. The van der Waals surface area contributed by atoms with E-state index in [-0.39, 0.29) is 1.43 Å². The van der Waals surface area contributed by atoms with Gasteiger partial charge in [0.2, 0.25) is 0 Å². The van der Waals surface area contributed by atoms with Crippen LogP contribution >= 0.6 is 0 Å². The van der Waals surface area contributed by atoms with Crippen LogP contribution in [0.15, 0.2) is 48.5 Å².